The third kappa shape index (κ3) is 7.56. The molecule has 0 N–H and O–H groups in total. The van der Waals surface area contributed by atoms with Crippen molar-refractivity contribution in [3.8, 4) is 23.0 Å². The minimum Gasteiger partial charge on any atom is -0.494 e. The molecule has 2 aliphatic rings. The molecule has 0 aliphatic carbocycles. The number of hydrogen-bond donors (Lipinski definition) is 0. The summed E-state index contributed by atoms with van der Waals surface area (Å²) in [6.07, 6.45) is 5.96. The number of likely N-dealkylation sites (N-methyl/N-ethyl adjacent to an activating group) is 1. The van der Waals surface area contributed by atoms with Crippen LogP contribution in [0.5, 0.6) is 11.5 Å². The molecule has 7 heteroatoms. The van der Waals surface area contributed by atoms with Crippen LogP contribution in [0, 0.1) is 11.8 Å². The molecule has 218 valence electrons. The number of ether oxygens (including phenoxy) is 2. The number of hydrogen-bond acceptors (Lipinski definition) is 7. The Bertz CT molecular complexity index is 1190. The van der Waals surface area contributed by atoms with Crippen molar-refractivity contribution in [3.63, 3.8) is 0 Å². The van der Waals surface area contributed by atoms with E-state index in [0.29, 0.717) is 18.5 Å². The zero-order valence-corrected chi connectivity index (χ0v) is 25.0. The molecule has 2 aromatic carbocycles. The molecule has 7 nitrogen and oxygen atoms in total. The summed E-state index contributed by atoms with van der Waals surface area (Å²) in [6.45, 7) is 13.2. The second kappa shape index (κ2) is 13.8. The van der Waals surface area contributed by atoms with Crippen LogP contribution >= 0.6 is 0 Å². The first kappa shape index (κ1) is 28.9. The average Bonchev–Trinajstić information content (AvgIpc) is 3.73. The van der Waals surface area contributed by atoms with E-state index in [1.807, 2.05) is 42.5 Å². The summed E-state index contributed by atoms with van der Waals surface area (Å²) < 4.78 is 18.2. The Morgan fingerprint density at radius 2 is 1.60 bits per heavy atom. The van der Waals surface area contributed by atoms with Gasteiger partial charge in [-0.2, -0.15) is 0 Å². The van der Waals surface area contributed by atoms with Crippen molar-refractivity contribution in [1.82, 2.24) is 19.7 Å². The summed E-state index contributed by atoms with van der Waals surface area (Å²) >= 11 is 0. The molecule has 40 heavy (non-hydrogen) atoms. The van der Waals surface area contributed by atoms with Crippen LogP contribution in [-0.4, -0.2) is 92.3 Å². The van der Waals surface area contributed by atoms with Gasteiger partial charge in [0.25, 0.3) is 0 Å². The second-order valence-electron chi connectivity index (χ2n) is 12.0. The highest BCUT2D eigenvalue weighted by molar-refractivity contribution is 5.77. The van der Waals surface area contributed by atoms with E-state index >= 15 is 0 Å². The van der Waals surface area contributed by atoms with Gasteiger partial charge in [0.2, 0.25) is 5.89 Å². The maximum Gasteiger partial charge on any atom is 0.227 e. The monoisotopic (exact) mass is 548 g/mol. The van der Waals surface area contributed by atoms with E-state index in [9.17, 15) is 0 Å². The maximum atomic E-state index is 6.10. The van der Waals surface area contributed by atoms with E-state index in [1.165, 1.54) is 38.9 Å². The van der Waals surface area contributed by atoms with Crippen LogP contribution in [0.15, 0.2) is 46.9 Å². The quantitative estimate of drug-likeness (QED) is 0.228. The van der Waals surface area contributed by atoms with Crippen LogP contribution in [0.1, 0.15) is 46.0 Å². The van der Waals surface area contributed by atoms with Crippen molar-refractivity contribution in [3.05, 3.63) is 42.5 Å². The van der Waals surface area contributed by atoms with Gasteiger partial charge < -0.3 is 28.6 Å². The largest absolute Gasteiger partial charge is 0.494 e. The Morgan fingerprint density at radius 1 is 0.925 bits per heavy atom. The van der Waals surface area contributed by atoms with E-state index in [4.69, 9.17) is 13.9 Å². The van der Waals surface area contributed by atoms with Crippen molar-refractivity contribution >= 4 is 11.1 Å². The molecule has 2 fully saturated rings. The second-order valence-corrected chi connectivity index (χ2v) is 12.0. The van der Waals surface area contributed by atoms with Gasteiger partial charge in [-0.25, -0.2) is 4.98 Å². The minimum atomic E-state index is 0.619. The number of rotatable bonds is 14. The van der Waals surface area contributed by atoms with Crippen LogP contribution in [0.2, 0.25) is 0 Å². The molecule has 0 spiro atoms. The number of aromatic nitrogens is 1. The van der Waals surface area contributed by atoms with Crippen molar-refractivity contribution in [2.24, 2.45) is 11.8 Å². The predicted molar refractivity (Wildman–Crippen MR) is 162 cm³/mol. The summed E-state index contributed by atoms with van der Waals surface area (Å²) in [6, 6.07) is 14.7. The summed E-state index contributed by atoms with van der Waals surface area (Å²) in [7, 11) is 4.35. The average molecular weight is 549 g/mol. The van der Waals surface area contributed by atoms with Gasteiger partial charge in [-0.15, -0.1) is 0 Å². The molecule has 2 saturated heterocycles. The lowest BCUT2D eigenvalue weighted by Crippen LogP contribution is -2.32. The molecule has 0 amide bonds. The van der Waals surface area contributed by atoms with Crippen molar-refractivity contribution < 1.29 is 13.9 Å². The first-order chi connectivity index (χ1) is 19.5. The highest BCUT2D eigenvalue weighted by atomic mass is 16.5. The molecule has 3 atom stereocenters. The molecule has 0 bridgehead atoms. The number of nitrogens with zero attached hydrogens (tertiary/aromatic N) is 4. The summed E-state index contributed by atoms with van der Waals surface area (Å²) in [5, 5.41) is 0. The fraction of sp³-hybridized carbons (Fsp3) is 0.606. The Morgan fingerprint density at radius 3 is 2.30 bits per heavy atom. The van der Waals surface area contributed by atoms with Crippen LogP contribution in [0.25, 0.3) is 22.6 Å². The van der Waals surface area contributed by atoms with Gasteiger partial charge in [-0.1, -0.05) is 20.3 Å². The van der Waals surface area contributed by atoms with Gasteiger partial charge in [0, 0.05) is 43.9 Å². The van der Waals surface area contributed by atoms with Crippen LogP contribution in [0.4, 0.5) is 0 Å². The SMILES string of the molecule is CCC(C)[C@@H]1CCN(CCCOc2ccc3nc(-c4ccc(OCCCN5CC[C@@H](N(C)C)C5)cc4)oc3c2)C1. The molecule has 1 unspecified atom stereocenters. The smallest absolute Gasteiger partial charge is 0.227 e. The molecule has 2 aliphatic heterocycles. The van der Waals surface area contributed by atoms with Gasteiger partial charge in [-0.3, -0.25) is 0 Å². The fourth-order valence-corrected chi connectivity index (χ4v) is 6.07. The van der Waals surface area contributed by atoms with Crippen molar-refractivity contribution in [2.75, 3.05) is 66.6 Å². The predicted octanol–water partition coefficient (Wildman–Crippen LogP) is 6.04. The van der Waals surface area contributed by atoms with E-state index in [0.717, 1.165) is 79.1 Å². The van der Waals surface area contributed by atoms with Crippen molar-refractivity contribution in [1.29, 1.82) is 0 Å². The van der Waals surface area contributed by atoms with E-state index in [1.54, 1.807) is 0 Å². The van der Waals surface area contributed by atoms with Crippen LogP contribution in [0.3, 0.4) is 0 Å². The zero-order chi connectivity index (χ0) is 27.9. The maximum absolute atomic E-state index is 6.10. The number of fused-ring (bicyclic) bond motifs is 1. The van der Waals surface area contributed by atoms with Gasteiger partial charge >= 0.3 is 0 Å². The molecule has 0 saturated carbocycles. The first-order valence-electron chi connectivity index (χ1n) is 15.4. The Hall–Kier alpha value is -2.61. The third-order valence-electron chi connectivity index (χ3n) is 8.97. The molecule has 0 radical (unpaired) electrons. The third-order valence-corrected chi connectivity index (χ3v) is 8.97. The number of oxazole rings is 1. The number of benzene rings is 2. The van der Waals surface area contributed by atoms with Crippen LogP contribution in [-0.2, 0) is 0 Å². The Balaban J connectivity index is 1.05. The van der Waals surface area contributed by atoms with Crippen LogP contribution < -0.4 is 9.47 Å². The first-order valence-corrected chi connectivity index (χ1v) is 15.4. The molecule has 3 heterocycles. The van der Waals surface area contributed by atoms with Crippen molar-refractivity contribution in [2.45, 2.75) is 52.0 Å². The lowest BCUT2D eigenvalue weighted by atomic mass is 9.91. The lowest BCUT2D eigenvalue weighted by Gasteiger charge is -2.20. The highest BCUT2D eigenvalue weighted by Gasteiger charge is 2.25. The summed E-state index contributed by atoms with van der Waals surface area (Å²) in [5.74, 6) is 4.03. The molecular formula is C33H48N4O3. The molecule has 1 aromatic heterocycles. The fourth-order valence-electron chi connectivity index (χ4n) is 6.07. The van der Waals surface area contributed by atoms with E-state index in [2.05, 4.69) is 47.6 Å². The minimum absolute atomic E-state index is 0.619. The highest BCUT2D eigenvalue weighted by Crippen LogP contribution is 2.29. The molecule has 3 aromatic rings. The Kier molecular flexibility index (Phi) is 10.00. The van der Waals surface area contributed by atoms with E-state index < -0.39 is 0 Å². The molecule has 5 rings (SSSR count). The van der Waals surface area contributed by atoms with Gasteiger partial charge in [0.15, 0.2) is 5.58 Å². The summed E-state index contributed by atoms with van der Waals surface area (Å²) in [4.78, 5) is 12.2. The standard InChI is InChI=1S/C33H48N4O3/c1-5-25(2)27-14-18-36(23-27)16-6-21-39-30-12-13-31-32(22-30)40-33(34-31)26-8-10-29(11-9-26)38-20-7-17-37-19-15-28(24-37)35(3)4/h8-13,22,25,27-28H,5-7,14-21,23-24H2,1-4H3/t25?,27-,28-/m1/s1. The van der Waals surface area contributed by atoms with Gasteiger partial charge in [0.05, 0.1) is 13.2 Å². The molecular weight excluding hydrogens is 500 g/mol. The van der Waals surface area contributed by atoms with Gasteiger partial charge in [-0.05, 0) is 101 Å². The Labute approximate surface area is 240 Å². The lowest BCUT2D eigenvalue weighted by molar-refractivity contribution is 0.242. The number of likely N-dealkylation sites (tertiary alicyclic amines) is 2. The van der Waals surface area contributed by atoms with E-state index in [-0.39, 0.29) is 0 Å². The summed E-state index contributed by atoms with van der Waals surface area (Å²) in [5.41, 5.74) is 2.54. The normalized spacial score (nSPS) is 21.0. The zero-order valence-electron chi connectivity index (χ0n) is 25.0. The topological polar surface area (TPSA) is 54.2 Å². The van der Waals surface area contributed by atoms with Gasteiger partial charge in [0.1, 0.15) is 17.0 Å².